The maximum atomic E-state index is 2.90. The lowest BCUT2D eigenvalue weighted by Crippen LogP contribution is -2.59. The van der Waals surface area contributed by atoms with Crippen molar-refractivity contribution in [1.82, 2.24) is 8.80 Å². The van der Waals surface area contributed by atoms with Gasteiger partial charge in [-0.2, -0.15) is 0 Å². The van der Waals surface area contributed by atoms with Gasteiger partial charge in [0.15, 0.2) is 0 Å². The van der Waals surface area contributed by atoms with Gasteiger partial charge in [0.2, 0.25) is 0 Å². The Hall–Kier alpha value is 0.571. The molecule has 0 saturated heterocycles. The van der Waals surface area contributed by atoms with Crippen LogP contribution in [0.1, 0.15) is 6.42 Å². The van der Waals surface area contributed by atoms with Crippen molar-refractivity contribution in [3.05, 3.63) is 0 Å². The molecule has 0 N–H and O–H groups in total. The molecule has 0 aliphatic carbocycles. The standard InChI is InChI=1S/C13H36N2Si3/c1-14(16(2,3)4)12-11-13-15(17(5,6)7)18(8,9)10/h11-13H2,1-10H3. The van der Waals surface area contributed by atoms with Gasteiger partial charge in [-0.25, -0.2) is 0 Å². The molecule has 0 rings (SSSR count). The van der Waals surface area contributed by atoms with Gasteiger partial charge in [-0.05, 0) is 26.6 Å². The molecule has 0 aromatic heterocycles. The minimum atomic E-state index is -1.15. The topological polar surface area (TPSA) is 6.48 Å². The summed E-state index contributed by atoms with van der Waals surface area (Å²) in [6.07, 6.45) is 1.33. The van der Waals surface area contributed by atoms with E-state index in [0.29, 0.717) is 0 Å². The van der Waals surface area contributed by atoms with Crippen LogP contribution in [-0.4, -0.2) is 53.6 Å². The van der Waals surface area contributed by atoms with E-state index in [0.717, 1.165) is 0 Å². The van der Waals surface area contributed by atoms with Crippen molar-refractivity contribution >= 4 is 24.7 Å². The average molecular weight is 305 g/mol. The number of rotatable bonds is 7. The lowest BCUT2D eigenvalue weighted by molar-refractivity contribution is 0.459. The molecule has 0 saturated carbocycles. The molecule has 18 heavy (non-hydrogen) atoms. The number of nitrogens with zero attached hydrogens (tertiary/aromatic N) is 2. The fourth-order valence-corrected chi connectivity index (χ4v) is 13.0. The van der Waals surface area contributed by atoms with Gasteiger partial charge in [-0.3, -0.25) is 0 Å². The fourth-order valence-electron chi connectivity index (χ4n) is 2.48. The Morgan fingerprint density at radius 3 is 1.28 bits per heavy atom. The molecule has 5 heteroatoms. The van der Waals surface area contributed by atoms with Crippen molar-refractivity contribution in [2.45, 2.75) is 65.3 Å². The zero-order chi connectivity index (χ0) is 14.8. The van der Waals surface area contributed by atoms with Crippen LogP contribution in [0.5, 0.6) is 0 Å². The Morgan fingerprint density at radius 1 is 0.611 bits per heavy atom. The van der Waals surface area contributed by atoms with Crippen LogP contribution >= 0.6 is 0 Å². The smallest absolute Gasteiger partial charge is 0.118 e. The first-order chi connectivity index (χ1) is 7.76. The Kier molecular flexibility index (Phi) is 6.55. The van der Waals surface area contributed by atoms with E-state index in [1.54, 1.807) is 0 Å². The quantitative estimate of drug-likeness (QED) is 0.653. The van der Waals surface area contributed by atoms with E-state index in [2.05, 4.69) is 74.8 Å². The van der Waals surface area contributed by atoms with Gasteiger partial charge < -0.3 is 8.80 Å². The van der Waals surface area contributed by atoms with E-state index < -0.39 is 24.7 Å². The van der Waals surface area contributed by atoms with E-state index in [9.17, 15) is 0 Å². The zero-order valence-electron chi connectivity index (χ0n) is 14.5. The van der Waals surface area contributed by atoms with Gasteiger partial charge in [0.25, 0.3) is 0 Å². The van der Waals surface area contributed by atoms with E-state index >= 15 is 0 Å². The van der Waals surface area contributed by atoms with Gasteiger partial charge >= 0.3 is 0 Å². The summed E-state index contributed by atoms with van der Waals surface area (Å²) in [6.45, 7) is 24.8. The van der Waals surface area contributed by atoms with Crippen molar-refractivity contribution in [2.24, 2.45) is 0 Å². The van der Waals surface area contributed by atoms with Crippen LogP contribution in [0.15, 0.2) is 0 Å². The van der Waals surface area contributed by atoms with E-state index in [1.807, 2.05) is 0 Å². The van der Waals surface area contributed by atoms with E-state index in [1.165, 1.54) is 19.5 Å². The normalized spacial score (nSPS) is 14.7. The van der Waals surface area contributed by atoms with Crippen LogP contribution in [0.2, 0.25) is 58.9 Å². The lowest BCUT2D eigenvalue weighted by Gasteiger charge is -2.44. The molecule has 2 nitrogen and oxygen atoms in total. The highest BCUT2D eigenvalue weighted by Gasteiger charge is 2.33. The van der Waals surface area contributed by atoms with Crippen LogP contribution in [0.3, 0.4) is 0 Å². The summed E-state index contributed by atoms with van der Waals surface area (Å²) < 4.78 is 5.51. The number of hydrogen-bond acceptors (Lipinski definition) is 2. The summed E-state index contributed by atoms with van der Waals surface area (Å²) in [7, 11) is -1.09. The molecule has 0 aliphatic rings. The van der Waals surface area contributed by atoms with Crippen LogP contribution in [0, 0.1) is 0 Å². The lowest BCUT2D eigenvalue weighted by atomic mass is 10.4. The molecule has 0 unspecified atom stereocenters. The molecule has 0 fully saturated rings. The predicted molar refractivity (Wildman–Crippen MR) is 94.0 cm³/mol. The van der Waals surface area contributed by atoms with E-state index in [-0.39, 0.29) is 0 Å². The first kappa shape index (κ1) is 18.6. The predicted octanol–water partition coefficient (Wildman–Crippen LogP) is 4.12. The second kappa shape index (κ2) is 6.35. The minimum Gasteiger partial charge on any atom is -0.346 e. The summed E-state index contributed by atoms with van der Waals surface area (Å²) in [4.78, 5) is 0. The summed E-state index contributed by atoms with van der Waals surface area (Å²) in [5.74, 6) is 0. The highest BCUT2D eigenvalue weighted by atomic mass is 28.4. The van der Waals surface area contributed by atoms with Gasteiger partial charge in [0, 0.05) is 0 Å². The summed E-state index contributed by atoms with van der Waals surface area (Å²) in [5.41, 5.74) is 0. The molecule has 0 aliphatic heterocycles. The molecule has 0 aromatic rings. The molecule has 0 atom stereocenters. The largest absolute Gasteiger partial charge is 0.346 e. The second-order valence-corrected chi connectivity index (χ2v) is 23.8. The molecule has 0 bridgehead atoms. The van der Waals surface area contributed by atoms with Crippen molar-refractivity contribution in [1.29, 1.82) is 0 Å². The summed E-state index contributed by atoms with van der Waals surface area (Å²) in [6, 6.07) is 0. The van der Waals surface area contributed by atoms with Gasteiger partial charge in [-0.15, -0.1) is 0 Å². The highest BCUT2D eigenvalue weighted by Crippen LogP contribution is 2.20. The van der Waals surface area contributed by atoms with Crippen molar-refractivity contribution in [2.75, 3.05) is 20.1 Å². The van der Waals surface area contributed by atoms with Crippen molar-refractivity contribution in [3.63, 3.8) is 0 Å². The van der Waals surface area contributed by atoms with Crippen LogP contribution in [0.4, 0.5) is 0 Å². The van der Waals surface area contributed by atoms with Crippen LogP contribution in [0.25, 0.3) is 0 Å². The Labute approximate surface area is 119 Å². The van der Waals surface area contributed by atoms with Crippen molar-refractivity contribution in [3.8, 4) is 0 Å². The Balaban J connectivity index is 4.41. The molecule has 110 valence electrons. The third-order valence-electron chi connectivity index (χ3n) is 3.64. The van der Waals surface area contributed by atoms with E-state index in [4.69, 9.17) is 0 Å². The maximum Gasteiger partial charge on any atom is 0.118 e. The maximum absolute atomic E-state index is 2.90. The minimum absolute atomic E-state index is 1.09. The van der Waals surface area contributed by atoms with Gasteiger partial charge in [0.05, 0.1) is 0 Å². The van der Waals surface area contributed by atoms with Gasteiger partial charge in [0.1, 0.15) is 24.7 Å². The zero-order valence-corrected chi connectivity index (χ0v) is 17.5. The van der Waals surface area contributed by atoms with Crippen LogP contribution in [-0.2, 0) is 0 Å². The van der Waals surface area contributed by atoms with Gasteiger partial charge in [-0.1, -0.05) is 58.9 Å². The third-order valence-corrected chi connectivity index (χ3v) is 13.9. The third kappa shape index (κ3) is 6.65. The second-order valence-electron chi connectivity index (χ2n) is 8.44. The monoisotopic (exact) mass is 304 g/mol. The Morgan fingerprint density at radius 2 is 1.00 bits per heavy atom. The molecule has 0 radical (unpaired) electrons. The fraction of sp³-hybridized carbons (Fsp3) is 1.00. The highest BCUT2D eigenvalue weighted by molar-refractivity contribution is 6.89. The van der Waals surface area contributed by atoms with Crippen molar-refractivity contribution < 1.29 is 0 Å². The molecule has 0 aromatic carbocycles. The molecule has 0 spiro atoms. The Bertz CT molecular complexity index is 234. The summed E-state index contributed by atoms with van der Waals surface area (Å²) >= 11 is 0. The summed E-state index contributed by atoms with van der Waals surface area (Å²) in [5, 5.41) is 0. The SMILES string of the molecule is CN(CCCN([Si](C)(C)C)[Si](C)(C)C)[Si](C)(C)C. The molecular formula is C13H36N2Si3. The molecule has 0 amide bonds. The molecule has 0 heterocycles. The van der Waals surface area contributed by atoms with Crippen LogP contribution < -0.4 is 0 Å². The average Bonchev–Trinajstić information content (AvgIpc) is 2.05. The first-order valence-corrected chi connectivity index (χ1v) is 17.6. The first-order valence-electron chi connectivity index (χ1n) is 7.25. The molecular weight excluding hydrogens is 268 g/mol. The number of hydrogen-bond donors (Lipinski definition) is 0.